The van der Waals surface area contributed by atoms with E-state index >= 15 is 0 Å². The quantitative estimate of drug-likeness (QED) is 0.611. The van der Waals surface area contributed by atoms with E-state index in [9.17, 15) is 0 Å². The Bertz CT molecular complexity index is 710. The van der Waals surface area contributed by atoms with Gasteiger partial charge in [0, 0.05) is 23.1 Å². The van der Waals surface area contributed by atoms with E-state index in [1.54, 1.807) is 11.3 Å². The minimum absolute atomic E-state index is 0.433. The van der Waals surface area contributed by atoms with Gasteiger partial charge in [0.1, 0.15) is 6.61 Å². The van der Waals surface area contributed by atoms with Gasteiger partial charge in [0.25, 0.3) is 0 Å². The first-order valence-electron chi connectivity index (χ1n) is 6.65. The summed E-state index contributed by atoms with van der Waals surface area (Å²) in [5.74, 6) is 1.52. The number of hydrogen-bond acceptors (Lipinski definition) is 4. The Hall–Kier alpha value is -1.53. The molecule has 21 heavy (non-hydrogen) atoms. The lowest BCUT2D eigenvalue weighted by molar-refractivity contribution is 0.267. The summed E-state index contributed by atoms with van der Waals surface area (Å²) in [6.45, 7) is 3.01. The van der Waals surface area contributed by atoms with Crippen LogP contribution in [0.15, 0.2) is 36.0 Å². The topological polar surface area (TPSA) is 35.8 Å². The summed E-state index contributed by atoms with van der Waals surface area (Å²) in [5, 5.41) is 2.81. The molecule has 0 saturated carbocycles. The molecule has 0 aliphatic rings. The summed E-state index contributed by atoms with van der Waals surface area (Å²) in [4.78, 5) is 5.49. The fourth-order valence-corrected chi connectivity index (χ4v) is 3.09. The molecule has 0 aliphatic heterocycles. The van der Waals surface area contributed by atoms with Crippen molar-refractivity contribution in [3.63, 3.8) is 0 Å². The molecular weight excluding hydrogens is 352 g/mol. The van der Waals surface area contributed by atoms with Crippen LogP contribution in [0.4, 0.5) is 0 Å². The van der Waals surface area contributed by atoms with Gasteiger partial charge in [-0.1, -0.05) is 22.0 Å². The highest BCUT2D eigenvalue weighted by atomic mass is 79.9. The molecule has 0 atom stereocenters. The number of alkyl halides is 1. The molecule has 0 bridgehead atoms. The monoisotopic (exact) mass is 366 g/mol. The van der Waals surface area contributed by atoms with E-state index in [2.05, 4.69) is 20.9 Å². The highest BCUT2D eigenvalue weighted by Gasteiger charge is 2.08. The Kier molecular flexibility index (Phi) is 4.45. The largest absolute Gasteiger partial charge is 0.490 e. The molecular formula is C15H15BrN2O2S. The second-order valence-electron chi connectivity index (χ2n) is 4.46. The van der Waals surface area contributed by atoms with Crippen molar-refractivity contribution in [3.8, 4) is 11.5 Å². The van der Waals surface area contributed by atoms with E-state index in [1.807, 2.05) is 47.3 Å². The maximum atomic E-state index is 5.86. The van der Waals surface area contributed by atoms with Crippen molar-refractivity contribution in [1.82, 2.24) is 9.38 Å². The average molecular weight is 367 g/mol. The molecule has 0 N–H and O–H groups in total. The van der Waals surface area contributed by atoms with Crippen LogP contribution in [0.3, 0.4) is 0 Å². The number of ether oxygens (including phenoxy) is 2. The highest BCUT2D eigenvalue weighted by molar-refractivity contribution is 9.08. The van der Waals surface area contributed by atoms with Gasteiger partial charge in [-0.15, -0.1) is 11.3 Å². The summed E-state index contributed by atoms with van der Waals surface area (Å²) in [6, 6.07) is 5.97. The van der Waals surface area contributed by atoms with Gasteiger partial charge in [0.15, 0.2) is 16.5 Å². The molecule has 0 aliphatic carbocycles. The van der Waals surface area contributed by atoms with Gasteiger partial charge < -0.3 is 9.47 Å². The van der Waals surface area contributed by atoms with Crippen molar-refractivity contribution >= 4 is 32.2 Å². The molecule has 3 rings (SSSR count). The number of halogens is 1. The fraction of sp³-hybridized carbons (Fsp3) is 0.267. The maximum absolute atomic E-state index is 5.86. The van der Waals surface area contributed by atoms with Gasteiger partial charge in [-0.2, -0.15) is 0 Å². The van der Waals surface area contributed by atoms with Gasteiger partial charge in [0.05, 0.1) is 12.3 Å². The highest BCUT2D eigenvalue weighted by Crippen LogP contribution is 2.30. The SMILES string of the molecule is CCOc1cc(CBr)ccc1OCc1cn2ccsc2n1. The number of thiazole rings is 1. The number of fused-ring (bicyclic) bond motifs is 1. The molecule has 0 fully saturated rings. The van der Waals surface area contributed by atoms with Crippen LogP contribution in [0.5, 0.6) is 11.5 Å². The van der Waals surface area contributed by atoms with Crippen LogP contribution in [0.2, 0.25) is 0 Å². The Morgan fingerprint density at radius 2 is 2.19 bits per heavy atom. The van der Waals surface area contributed by atoms with Crippen LogP contribution in [0, 0.1) is 0 Å². The lowest BCUT2D eigenvalue weighted by atomic mass is 10.2. The van der Waals surface area contributed by atoms with Gasteiger partial charge in [-0.25, -0.2) is 4.98 Å². The summed E-state index contributed by atoms with van der Waals surface area (Å²) in [5.41, 5.74) is 2.07. The molecule has 6 heteroatoms. The molecule has 3 aromatic rings. The van der Waals surface area contributed by atoms with Crippen LogP contribution < -0.4 is 9.47 Å². The van der Waals surface area contributed by atoms with Crippen molar-refractivity contribution in [2.45, 2.75) is 18.9 Å². The number of hydrogen-bond donors (Lipinski definition) is 0. The summed E-state index contributed by atoms with van der Waals surface area (Å²) in [7, 11) is 0. The molecule has 0 amide bonds. The van der Waals surface area contributed by atoms with Crippen molar-refractivity contribution < 1.29 is 9.47 Å². The Balaban J connectivity index is 1.75. The Morgan fingerprint density at radius 3 is 2.95 bits per heavy atom. The number of imidazole rings is 1. The average Bonchev–Trinajstić information content (AvgIpc) is 3.07. The van der Waals surface area contributed by atoms with Crippen molar-refractivity contribution in [3.05, 3.63) is 47.2 Å². The van der Waals surface area contributed by atoms with Gasteiger partial charge in [-0.3, -0.25) is 4.40 Å². The van der Waals surface area contributed by atoms with Gasteiger partial charge in [0.2, 0.25) is 0 Å². The summed E-state index contributed by atoms with van der Waals surface area (Å²) >= 11 is 5.06. The van der Waals surface area contributed by atoms with E-state index < -0.39 is 0 Å². The van der Waals surface area contributed by atoms with Crippen LogP contribution >= 0.6 is 27.3 Å². The van der Waals surface area contributed by atoms with E-state index in [1.165, 1.54) is 0 Å². The molecule has 0 unspecified atom stereocenters. The smallest absolute Gasteiger partial charge is 0.193 e. The first-order valence-corrected chi connectivity index (χ1v) is 8.66. The third-order valence-electron chi connectivity index (χ3n) is 2.98. The summed E-state index contributed by atoms with van der Waals surface area (Å²) < 4.78 is 13.5. The third-order valence-corrected chi connectivity index (χ3v) is 4.40. The zero-order valence-corrected chi connectivity index (χ0v) is 14.0. The number of rotatable bonds is 6. The second kappa shape index (κ2) is 6.49. The minimum Gasteiger partial charge on any atom is -0.490 e. The zero-order chi connectivity index (χ0) is 14.7. The van der Waals surface area contributed by atoms with Crippen molar-refractivity contribution in [2.75, 3.05) is 6.61 Å². The molecule has 0 spiro atoms. The molecule has 0 saturated heterocycles. The zero-order valence-electron chi connectivity index (χ0n) is 11.6. The van der Waals surface area contributed by atoms with Crippen LogP contribution in [0.25, 0.3) is 4.96 Å². The number of aromatic nitrogens is 2. The molecule has 4 nitrogen and oxygen atoms in total. The van der Waals surface area contributed by atoms with Crippen LogP contribution in [0.1, 0.15) is 18.2 Å². The molecule has 110 valence electrons. The molecule has 1 aromatic carbocycles. The second-order valence-corrected chi connectivity index (χ2v) is 5.90. The first-order chi connectivity index (χ1) is 10.3. The van der Waals surface area contributed by atoms with Crippen molar-refractivity contribution in [2.24, 2.45) is 0 Å². The third kappa shape index (κ3) is 3.22. The minimum atomic E-state index is 0.433. The van der Waals surface area contributed by atoms with Gasteiger partial charge in [-0.05, 0) is 24.6 Å². The van der Waals surface area contributed by atoms with E-state index in [4.69, 9.17) is 9.47 Å². The molecule has 2 heterocycles. The van der Waals surface area contributed by atoms with E-state index in [0.717, 1.165) is 33.0 Å². The van der Waals surface area contributed by atoms with Crippen LogP contribution in [-0.2, 0) is 11.9 Å². The maximum Gasteiger partial charge on any atom is 0.193 e. The van der Waals surface area contributed by atoms with Crippen molar-refractivity contribution in [1.29, 1.82) is 0 Å². The summed E-state index contributed by atoms with van der Waals surface area (Å²) in [6.07, 6.45) is 3.98. The normalized spacial score (nSPS) is 11.0. The number of nitrogens with zero attached hydrogens (tertiary/aromatic N) is 2. The van der Waals surface area contributed by atoms with E-state index in [-0.39, 0.29) is 0 Å². The molecule has 0 radical (unpaired) electrons. The first kappa shape index (κ1) is 14.4. The Morgan fingerprint density at radius 1 is 1.29 bits per heavy atom. The van der Waals surface area contributed by atoms with Gasteiger partial charge >= 0.3 is 0 Å². The Labute approximate surface area is 135 Å². The lowest BCUT2D eigenvalue weighted by Crippen LogP contribution is -2.00. The molecule has 2 aromatic heterocycles. The van der Waals surface area contributed by atoms with Crippen LogP contribution in [-0.4, -0.2) is 16.0 Å². The predicted molar refractivity (Wildman–Crippen MR) is 87.6 cm³/mol. The lowest BCUT2D eigenvalue weighted by Gasteiger charge is -2.12. The fourth-order valence-electron chi connectivity index (χ4n) is 2.02. The standard InChI is InChI=1S/C15H15BrN2O2S/c1-2-19-14-7-11(8-16)3-4-13(14)20-10-12-9-18-5-6-21-15(18)17-12/h3-7,9H,2,8,10H2,1H3. The number of benzene rings is 1. The predicted octanol–water partition coefficient (Wildman–Crippen LogP) is 4.27. The van der Waals surface area contributed by atoms with E-state index in [0.29, 0.717) is 13.2 Å².